The third-order valence-corrected chi connectivity index (χ3v) is 7.48. The van der Waals surface area contributed by atoms with Crippen molar-refractivity contribution < 1.29 is 48.7 Å². The SMILES string of the molecule is C=C(OC)C(C)(C)CC(CC(CC(C)(CC)C(=O)OC)C(=O)NC(Cc1ccc(O)c(O)c1)C(=O)OC)C(=O)O. The molecule has 11 nitrogen and oxygen atoms in total. The molecule has 0 saturated carbocycles. The number of phenolic OH excluding ortho intramolecular Hbond substituents is 2. The summed E-state index contributed by atoms with van der Waals surface area (Å²) in [7, 11) is 3.84. The highest BCUT2D eigenvalue weighted by atomic mass is 16.5. The number of amides is 1. The summed E-state index contributed by atoms with van der Waals surface area (Å²) in [6.07, 6.45) is 0.172. The molecule has 4 unspecified atom stereocenters. The molecular formula is C29H43NO10. The molecule has 1 amide bonds. The molecule has 4 atom stereocenters. The number of aliphatic carboxylic acids is 1. The molecule has 0 aliphatic heterocycles. The van der Waals surface area contributed by atoms with Gasteiger partial charge in [-0.05, 0) is 50.3 Å². The minimum Gasteiger partial charge on any atom is -0.504 e. The maximum absolute atomic E-state index is 13.7. The Balaban J connectivity index is 3.42. The van der Waals surface area contributed by atoms with E-state index in [0.717, 1.165) is 7.11 Å². The summed E-state index contributed by atoms with van der Waals surface area (Å²) in [5.74, 6) is -5.45. The molecule has 11 heteroatoms. The van der Waals surface area contributed by atoms with Crippen LogP contribution in [0.4, 0.5) is 0 Å². The first-order valence-corrected chi connectivity index (χ1v) is 13.0. The van der Waals surface area contributed by atoms with Crippen molar-refractivity contribution in [1.82, 2.24) is 5.32 Å². The van der Waals surface area contributed by atoms with Gasteiger partial charge in [0.15, 0.2) is 11.5 Å². The summed E-state index contributed by atoms with van der Waals surface area (Å²) in [4.78, 5) is 51.3. The highest BCUT2D eigenvalue weighted by Crippen LogP contribution is 2.39. The number of hydrogen-bond acceptors (Lipinski definition) is 9. The van der Waals surface area contributed by atoms with Crippen molar-refractivity contribution in [3.8, 4) is 11.5 Å². The number of phenols is 2. The first kappa shape index (κ1) is 34.3. The van der Waals surface area contributed by atoms with Crippen LogP contribution in [0.15, 0.2) is 30.5 Å². The zero-order valence-electron chi connectivity index (χ0n) is 24.4. The number of nitrogens with one attached hydrogen (secondary N) is 1. The zero-order chi connectivity index (χ0) is 30.8. The molecular weight excluding hydrogens is 522 g/mol. The third kappa shape index (κ3) is 9.17. The fourth-order valence-corrected chi connectivity index (χ4v) is 4.62. The molecule has 1 rings (SSSR count). The topological polar surface area (TPSA) is 169 Å². The van der Waals surface area contributed by atoms with Crippen LogP contribution in [0.1, 0.15) is 58.9 Å². The van der Waals surface area contributed by atoms with Gasteiger partial charge in [0.25, 0.3) is 0 Å². The quantitative estimate of drug-likeness (QED) is 0.132. The van der Waals surface area contributed by atoms with E-state index in [1.165, 1.54) is 32.4 Å². The van der Waals surface area contributed by atoms with Crippen LogP contribution in [-0.4, -0.2) is 66.5 Å². The standard InChI is InChI=1S/C29H43NO10/c1-9-29(5,27(37)40-8)16-19(14-20(25(34)35)15-28(3,4)17(2)38-6)24(33)30-21(26(36)39-7)12-18-10-11-22(31)23(32)13-18/h10-11,13,19-21,31-32H,2,9,12,14-16H2,1,3-8H3,(H,30,33)(H,34,35). The minimum absolute atomic E-state index is 0.0364. The lowest BCUT2D eigenvalue weighted by atomic mass is 9.73. The van der Waals surface area contributed by atoms with E-state index < -0.39 is 58.3 Å². The second-order valence-corrected chi connectivity index (χ2v) is 10.9. The van der Waals surface area contributed by atoms with E-state index in [1.807, 2.05) is 0 Å². The van der Waals surface area contributed by atoms with Crippen molar-refractivity contribution in [3.05, 3.63) is 36.1 Å². The van der Waals surface area contributed by atoms with Crippen LogP contribution in [0.2, 0.25) is 0 Å². The molecule has 40 heavy (non-hydrogen) atoms. The van der Waals surface area contributed by atoms with Crippen LogP contribution < -0.4 is 5.32 Å². The molecule has 0 heterocycles. The second-order valence-electron chi connectivity index (χ2n) is 10.9. The summed E-state index contributed by atoms with van der Waals surface area (Å²) < 4.78 is 15.1. The molecule has 0 aliphatic carbocycles. The largest absolute Gasteiger partial charge is 0.504 e. The lowest BCUT2D eigenvalue weighted by molar-refractivity contribution is -0.154. The van der Waals surface area contributed by atoms with Crippen LogP contribution in [0.5, 0.6) is 11.5 Å². The maximum atomic E-state index is 13.7. The van der Waals surface area contributed by atoms with E-state index in [4.69, 9.17) is 14.2 Å². The molecule has 0 radical (unpaired) electrons. The molecule has 1 aromatic rings. The van der Waals surface area contributed by atoms with E-state index in [2.05, 4.69) is 11.9 Å². The number of carbonyl (C=O) groups is 4. The fraction of sp³-hybridized carbons (Fsp3) is 0.586. The van der Waals surface area contributed by atoms with E-state index in [-0.39, 0.29) is 31.4 Å². The molecule has 0 aliphatic rings. The number of esters is 2. The van der Waals surface area contributed by atoms with Gasteiger partial charge in [-0.2, -0.15) is 0 Å². The molecule has 0 fully saturated rings. The number of carboxylic acid groups (broad SMARTS) is 1. The summed E-state index contributed by atoms with van der Waals surface area (Å²) in [5, 5.41) is 32.2. The third-order valence-electron chi connectivity index (χ3n) is 7.48. The van der Waals surface area contributed by atoms with Crippen LogP contribution in [0.25, 0.3) is 0 Å². The Bertz CT molecular complexity index is 1080. The average Bonchev–Trinajstić information content (AvgIpc) is 2.91. The lowest BCUT2D eigenvalue weighted by Crippen LogP contribution is -2.47. The smallest absolute Gasteiger partial charge is 0.328 e. The highest BCUT2D eigenvalue weighted by Gasteiger charge is 2.41. The molecule has 0 aromatic heterocycles. The Morgan fingerprint density at radius 2 is 1.57 bits per heavy atom. The van der Waals surface area contributed by atoms with Crippen molar-refractivity contribution in [2.45, 2.75) is 65.8 Å². The van der Waals surface area contributed by atoms with E-state index >= 15 is 0 Å². The van der Waals surface area contributed by atoms with Gasteiger partial charge in [0.1, 0.15) is 6.04 Å². The lowest BCUT2D eigenvalue weighted by Gasteiger charge is -2.33. The van der Waals surface area contributed by atoms with Crippen molar-refractivity contribution in [2.75, 3.05) is 21.3 Å². The number of rotatable bonds is 16. The van der Waals surface area contributed by atoms with Gasteiger partial charge in [-0.3, -0.25) is 14.4 Å². The van der Waals surface area contributed by atoms with Gasteiger partial charge in [0.2, 0.25) is 5.91 Å². The van der Waals surface area contributed by atoms with Crippen molar-refractivity contribution >= 4 is 23.8 Å². The van der Waals surface area contributed by atoms with Crippen LogP contribution in [0.3, 0.4) is 0 Å². The average molecular weight is 566 g/mol. The van der Waals surface area contributed by atoms with Crippen LogP contribution >= 0.6 is 0 Å². The van der Waals surface area contributed by atoms with E-state index in [9.17, 15) is 34.5 Å². The predicted molar refractivity (Wildman–Crippen MR) is 146 cm³/mol. The van der Waals surface area contributed by atoms with Gasteiger partial charge in [0, 0.05) is 17.8 Å². The Labute approximate surface area is 235 Å². The van der Waals surface area contributed by atoms with Crippen molar-refractivity contribution in [3.63, 3.8) is 0 Å². The summed E-state index contributed by atoms with van der Waals surface area (Å²) in [6.45, 7) is 10.8. The molecule has 4 N–H and O–H groups in total. The number of carbonyl (C=O) groups excluding carboxylic acids is 3. The Hall–Kier alpha value is -3.76. The molecule has 224 valence electrons. The number of aromatic hydroxyl groups is 2. The summed E-state index contributed by atoms with van der Waals surface area (Å²) >= 11 is 0. The van der Waals surface area contributed by atoms with Crippen LogP contribution in [0, 0.1) is 22.7 Å². The van der Waals surface area contributed by atoms with Crippen LogP contribution in [-0.2, 0) is 39.8 Å². The number of carboxylic acids is 1. The molecule has 0 bridgehead atoms. The van der Waals surface area contributed by atoms with Gasteiger partial charge in [-0.25, -0.2) is 4.79 Å². The fourth-order valence-electron chi connectivity index (χ4n) is 4.62. The predicted octanol–water partition coefficient (Wildman–Crippen LogP) is 3.56. The minimum atomic E-state index is -1.19. The first-order chi connectivity index (χ1) is 18.5. The number of hydrogen-bond donors (Lipinski definition) is 4. The van der Waals surface area contributed by atoms with Crippen molar-refractivity contribution in [2.24, 2.45) is 22.7 Å². The zero-order valence-corrected chi connectivity index (χ0v) is 24.4. The van der Waals surface area contributed by atoms with Gasteiger partial charge >= 0.3 is 17.9 Å². The Morgan fingerprint density at radius 3 is 2.05 bits per heavy atom. The van der Waals surface area contributed by atoms with Gasteiger partial charge in [-0.1, -0.05) is 33.4 Å². The molecule has 0 spiro atoms. The molecule has 0 saturated heterocycles. The van der Waals surface area contributed by atoms with E-state index in [0.29, 0.717) is 17.7 Å². The number of benzene rings is 1. The Kier molecular flexibility index (Phi) is 12.5. The number of ether oxygens (including phenoxy) is 3. The Morgan fingerprint density at radius 1 is 0.950 bits per heavy atom. The number of methoxy groups -OCH3 is 3. The molecule has 1 aromatic carbocycles. The number of allylic oxidation sites excluding steroid dienone is 1. The summed E-state index contributed by atoms with van der Waals surface area (Å²) in [6, 6.07) is 2.79. The van der Waals surface area contributed by atoms with Crippen molar-refractivity contribution in [1.29, 1.82) is 0 Å². The van der Waals surface area contributed by atoms with Gasteiger partial charge in [0.05, 0.1) is 38.4 Å². The first-order valence-electron chi connectivity index (χ1n) is 13.0. The van der Waals surface area contributed by atoms with Gasteiger partial charge in [-0.15, -0.1) is 0 Å². The highest BCUT2D eigenvalue weighted by molar-refractivity contribution is 5.87. The maximum Gasteiger partial charge on any atom is 0.328 e. The monoisotopic (exact) mass is 565 g/mol. The van der Waals surface area contributed by atoms with E-state index in [1.54, 1.807) is 27.7 Å². The van der Waals surface area contributed by atoms with Gasteiger partial charge < -0.3 is 34.8 Å². The second kappa shape index (κ2) is 14.6. The normalized spacial score (nSPS) is 15.1. The summed E-state index contributed by atoms with van der Waals surface area (Å²) in [5.41, 5.74) is -1.40.